The van der Waals surface area contributed by atoms with Gasteiger partial charge in [0.15, 0.2) is 5.78 Å². The van der Waals surface area contributed by atoms with Crippen molar-refractivity contribution in [3.8, 4) is 0 Å². The summed E-state index contributed by atoms with van der Waals surface area (Å²) in [6.45, 7) is 4.01. The van der Waals surface area contributed by atoms with Crippen LogP contribution in [0, 0.1) is 0 Å². The highest BCUT2D eigenvalue weighted by molar-refractivity contribution is 5.95. The summed E-state index contributed by atoms with van der Waals surface area (Å²) < 4.78 is 4.72. The van der Waals surface area contributed by atoms with E-state index in [0.717, 1.165) is 12.0 Å². The Morgan fingerprint density at radius 2 is 2.17 bits per heavy atom. The minimum absolute atomic E-state index is 0.0400. The first-order valence-corrected chi connectivity index (χ1v) is 4.08. The molecule has 0 aliphatic carbocycles. The second-order valence-corrected chi connectivity index (χ2v) is 2.54. The van der Waals surface area contributed by atoms with Crippen molar-refractivity contribution in [2.24, 2.45) is 0 Å². The van der Waals surface area contributed by atoms with Gasteiger partial charge in [0.05, 0.1) is 0 Å². The summed E-state index contributed by atoms with van der Waals surface area (Å²) in [5.74, 6) is 0.0400. The average molecular weight is 168 g/mol. The van der Waals surface area contributed by atoms with Crippen LogP contribution in [-0.2, 0) is 9.53 Å². The summed E-state index contributed by atoms with van der Waals surface area (Å²) in [6, 6.07) is 0. The molecule has 0 bridgehead atoms. The maximum absolute atomic E-state index is 11.1. The van der Waals surface area contributed by atoms with Gasteiger partial charge in [0.2, 0.25) is 0 Å². The van der Waals surface area contributed by atoms with Gasteiger partial charge in [-0.2, -0.15) is 0 Å². The van der Waals surface area contributed by atoms with Gasteiger partial charge in [-0.15, -0.1) is 0 Å². The van der Waals surface area contributed by atoms with Crippen LogP contribution < -0.4 is 0 Å². The first kappa shape index (κ1) is 11.1. The minimum Gasteiger partial charge on any atom is -0.377 e. The molecule has 0 aromatic rings. The molecule has 2 heteroatoms. The van der Waals surface area contributed by atoms with Crippen LogP contribution >= 0.6 is 0 Å². The number of Topliss-reactive ketones (excluding diaryl/α,β-unsaturated/α-hetero) is 1. The highest BCUT2D eigenvalue weighted by atomic mass is 16.5. The van der Waals surface area contributed by atoms with Crippen LogP contribution in [0.2, 0.25) is 0 Å². The van der Waals surface area contributed by atoms with Gasteiger partial charge in [-0.1, -0.05) is 25.2 Å². The number of rotatable bonds is 5. The highest BCUT2D eigenvalue weighted by Crippen LogP contribution is 1.96. The number of ether oxygens (including phenoxy) is 1. The zero-order chi connectivity index (χ0) is 9.40. The van der Waals surface area contributed by atoms with E-state index in [9.17, 15) is 4.79 Å². The quantitative estimate of drug-likeness (QED) is 0.464. The maximum atomic E-state index is 11.1. The van der Waals surface area contributed by atoms with Gasteiger partial charge in [-0.25, -0.2) is 0 Å². The monoisotopic (exact) mass is 168 g/mol. The molecule has 0 aromatic heterocycles. The molecule has 12 heavy (non-hydrogen) atoms. The topological polar surface area (TPSA) is 26.3 Å². The summed E-state index contributed by atoms with van der Waals surface area (Å²) in [5, 5.41) is 0. The number of allylic oxidation sites excluding steroid dienone is 3. The molecule has 0 fully saturated rings. The molecular weight excluding hydrogens is 152 g/mol. The van der Waals surface area contributed by atoms with Crippen LogP contribution in [0.5, 0.6) is 0 Å². The van der Waals surface area contributed by atoms with Crippen LogP contribution in [0.4, 0.5) is 0 Å². The lowest BCUT2D eigenvalue weighted by atomic mass is 10.2. The molecule has 0 aliphatic rings. The number of ketones is 1. The van der Waals surface area contributed by atoms with Crippen LogP contribution in [-0.4, -0.2) is 19.5 Å². The van der Waals surface area contributed by atoms with E-state index in [4.69, 9.17) is 4.74 Å². The Morgan fingerprint density at radius 1 is 1.50 bits per heavy atom. The van der Waals surface area contributed by atoms with Crippen LogP contribution in [0.25, 0.3) is 0 Å². The molecular formula is C10H16O2. The number of hydrogen-bond donors (Lipinski definition) is 0. The Hall–Kier alpha value is -0.890. The number of hydrogen-bond acceptors (Lipinski definition) is 2. The number of carbonyl (C=O) groups is 1. The zero-order valence-electron chi connectivity index (χ0n) is 7.96. The van der Waals surface area contributed by atoms with Crippen molar-refractivity contribution < 1.29 is 9.53 Å². The van der Waals surface area contributed by atoms with E-state index in [-0.39, 0.29) is 12.4 Å². The molecule has 0 amide bonds. The molecule has 0 radical (unpaired) electrons. The van der Waals surface area contributed by atoms with Crippen molar-refractivity contribution in [2.75, 3.05) is 13.7 Å². The Labute approximate surface area is 73.9 Å². The molecule has 0 N–H and O–H groups in total. The molecule has 0 atom stereocenters. The summed E-state index contributed by atoms with van der Waals surface area (Å²) in [5.41, 5.74) is 0.738. The molecule has 0 aromatic carbocycles. The first-order chi connectivity index (χ1) is 5.72. The van der Waals surface area contributed by atoms with Gasteiger partial charge in [0, 0.05) is 7.11 Å². The molecule has 0 aliphatic heterocycles. The van der Waals surface area contributed by atoms with Gasteiger partial charge in [-0.3, -0.25) is 4.79 Å². The van der Waals surface area contributed by atoms with E-state index in [1.807, 2.05) is 18.2 Å². The molecule has 0 unspecified atom stereocenters. The SMILES string of the molecule is CC/C=C\C=C(/C)C(=O)COC. The largest absolute Gasteiger partial charge is 0.377 e. The average Bonchev–Trinajstić information content (AvgIpc) is 2.05. The Balaban J connectivity index is 3.99. The third-order valence-electron chi connectivity index (χ3n) is 1.43. The smallest absolute Gasteiger partial charge is 0.184 e. The van der Waals surface area contributed by atoms with Gasteiger partial charge >= 0.3 is 0 Å². The third kappa shape index (κ3) is 4.85. The Morgan fingerprint density at radius 3 is 2.67 bits per heavy atom. The fourth-order valence-electron chi connectivity index (χ4n) is 0.686. The van der Waals surface area contributed by atoms with E-state index in [1.54, 1.807) is 6.92 Å². The molecule has 0 rings (SSSR count). The Kier molecular flexibility index (Phi) is 6.29. The Bertz CT molecular complexity index is 190. The maximum Gasteiger partial charge on any atom is 0.184 e. The summed E-state index contributed by atoms with van der Waals surface area (Å²) in [4.78, 5) is 11.1. The van der Waals surface area contributed by atoms with Crippen molar-refractivity contribution >= 4 is 5.78 Å². The normalized spacial score (nSPS) is 12.4. The van der Waals surface area contributed by atoms with Crippen molar-refractivity contribution in [3.63, 3.8) is 0 Å². The molecule has 0 saturated carbocycles. The molecule has 0 spiro atoms. The van der Waals surface area contributed by atoms with E-state index in [1.165, 1.54) is 7.11 Å². The number of methoxy groups -OCH3 is 1. The van der Waals surface area contributed by atoms with E-state index in [0.29, 0.717) is 0 Å². The fourth-order valence-corrected chi connectivity index (χ4v) is 0.686. The van der Waals surface area contributed by atoms with Gasteiger partial charge < -0.3 is 4.74 Å². The van der Waals surface area contributed by atoms with Crippen molar-refractivity contribution in [1.29, 1.82) is 0 Å². The predicted octanol–water partition coefficient (Wildman–Crippen LogP) is 2.11. The van der Waals surface area contributed by atoms with Crippen LogP contribution in [0.15, 0.2) is 23.8 Å². The van der Waals surface area contributed by atoms with Crippen molar-refractivity contribution in [2.45, 2.75) is 20.3 Å². The standard InChI is InChI=1S/C10H16O2/c1-4-5-6-7-9(2)10(11)8-12-3/h5-7H,4,8H2,1-3H3/b6-5-,9-7+. The van der Waals surface area contributed by atoms with Gasteiger partial charge in [0.25, 0.3) is 0 Å². The number of carbonyl (C=O) groups excluding carboxylic acids is 1. The molecule has 68 valence electrons. The highest BCUT2D eigenvalue weighted by Gasteiger charge is 2.00. The van der Waals surface area contributed by atoms with Crippen molar-refractivity contribution in [1.82, 2.24) is 0 Å². The van der Waals surface area contributed by atoms with Crippen LogP contribution in [0.1, 0.15) is 20.3 Å². The van der Waals surface area contributed by atoms with Crippen LogP contribution in [0.3, 0.4) is 0 Å². The third-order valence-corrected chi connectivity index (χ3v) is 1.43. The van der Waals surface area contributed by atoms with E-state index < -0.39 is 0 Å². The lowest BCUT2D eigenvalue weighted by molar-refractivity contribution is -0.118. The fraction of sp³-hybridized carbons (Fsp3) is 0.500. The molecule has 2 nitrogen and oxygen atoms in total. The van der Waals surface area contributed by atoms with E-state index >= 15 is 0 Å². The summed E-state index contributed by atoms with van der Waals surface area (Å²) >= 11 is 0. The van der Waals surface area contributed by atoms with Crippen molar-refractivity contribution in [3.05, 3.63) is 23.8 Å². The lowest BCUT2D eigenvalue weighted by Gasteiger charge is -1.96. The first-order valence-electron chi connectivity index (χ1n) is 4.08. The van der Waals surface area contributed by atoms with Gasteiger partial charge in [0.1, 0.15) is 6.61 Å². The molecule has 0 heterocycles. The summed E-state index contributed by atoms with van der Waals surface area (Å²) in [6.07, 6.45) is 6.69. The zero-order valence-corrected chi connectivity index (χ0v) is 7.96. The van der Waals surface area contributed by atoms with Gasteiger partial charge in [-0.05, 0) is 18.9 Å². The van der Waals surface area contributed by atoms with E-state index in [2.05, 4.69) is 6.92 Å². The summed E-state index contributed by atoms with van der Waals surface area (Å²) in [7, 11) is 1.52. The lowest BCUT2D eigenvalue weighted by Crippen LogP contribution is -2.07. The second-order valence-electron chi connectivity index (χ2n) is 2.54. The second kappa shape index (κ2) is 6.80. The minimum atomic E-state index is 0.0400. The predicted molar refractivity (Wildman–Crippen MR) is 50.1 cm³/mol. The molecule has 0 saturated heterocycles.